The number of ether oxygens (including phenoxy) is 1. The standard InChI is InChI=1S/C19H23NO4S/c1-3-25(22,23)18-11-5-4-10-17(18)19(21)20-12-7-13-24-16-9-6-8-15(2)14-16/h4-6,8-11,14H,3,7,12-13H2,1-2H3,(H,20,21). The van der Waals surface area contributed by atoms with Gasteiger partial charge in [-0.1, -0.05) is 31.2 Å². The van der Waals surface area contributed by atoms with Crippen LogP contribution in [0.3, 0.4) is 0 Å². The van der Waals surface area contributed by atoms with Crippen molar-refractivity contribution in [2.75, 3.05) is 18.9 Å². The molecule has 25 heavy (non-hydrogen) atoms. The highest BCUT2D eigenvalue weighted by Crippen LogP contribution is 2.17. The predicted octanol–water partition coefficient (Wildman–Crippen LogP) is 2.99. The number of benzene rings is 2. The zero-order valence-electron chi connectivity index (χ0n) is 14.5. The Hall–Kier alpha value is -2.34. The van der Waals surface area contributed by atoms with E-state index in [0.29, 0.717) is 19.6 Å². The summed E-state index contributed by atoms with van der Waals surface area (Å²) in [6.45, 7) is 4.44. The molecule has 5 nitrogen and oxygen atoms in total. The van der Waals surface area contributed by atoms with Gasteiger partial charge in [0.15, 0.2) is 9.84 Å². The lowest BCUT2D eigenvalue weighted by Crippen LogP contribution is -2.27. The minimum absolute atomic E-state index is 0.0401. The molecular weight excluding hydrogens is 338 g/mol. The van der Waals surface area contributed by atoms with E-state index in [-0.39, 0.29) is 22.1 Å². The third kappa shape index (κ3) is 5.32. The Labute approximate surface area is 148 Å². The number of carbonyl (C=O) groups is 1. The van der Waals surface area contributed by atoms with E-state index in [1.165, 1.54) is 12.1 Å². The van der Waals surface area contributed by atoms with Gasteiger partial charge in [0.05, 0.1) is 22.8 Å². The van der Waals surface area contributed by atoms with Crippen molar-refractivity contribution in [3.8, 4) is 5.75 Å². The first kappa shape index (κ1) is 19.0. The summed E-state index contributed by atoms with van der Waals surface area (Å²) >= 11 is 0. The molecule has 0 bridgehead atoms. The summed E-state index contributed by atoms with van der Waals surface area (Å²) in [6, 6.07) is 14.0. The SMILES string of the molecule is CCS(=O)(=O)c1ccccc1C(=O)NCCCOc1cccc(C)c1. The first-order valence-corrected chi connectivity index (χ1v) is 9.88. The minimum atomic E-state index is -3.43. The molecule has 0 aliphatic heterocycles. The van der Waals surface area contributed by atoms with Gasteiger partial charge in [-0.3, -0.25) is 4.79 Å². The minimum Gasteiger partial charge on any atom is -0.494 e. The number of hydrogen-bond acceptors (Lipinski definition) is 4. The van der Waals surface area contributed by atoms with Crippen LogP contribution in [0, 0.1) is 6.92 Å². The summed E-state index contributed by atoms with van der Waals surface area (Å²) in [5, 5.41) is 2.75. The number of aryl methyl sites for hydroxylation is 1. The lowest BCUT2D eigenvalue weighted by atomic mass is 10.2. The summed E-state index contributed by atoms with van der Waals surface area (Å²) < 4.78 is 29.8. The summed E-state index contributed by atoms with van der Waals surface area (Å²) in [6.07, 6.45) is 0.627. The molecule has 0 saturated carbocycles. The maximum absolute atomic E-state index is 12.3. The van der Waals surface area contributed by atoms with Gasteiger partial charge in [0, 0.05) is 6.54 Å². The summed E-state index contributed by atoms with van der Waals surface area (Å²) in [7, 11) is -3.43. The normalized spacial score (nSPS) is 11.1. The van der Waals surface area contributed by atoms with Crippen LogP contribution in [0.5, 0.6) is 5.75 Å². The summed E-state index contributed by atoms with van der Waals surface area (Å²) in [5.74, 6) is 0.371. The Bertz CT molecular complexity index is 831. The molecule has 0 atom stereocenters. The quantitative estimate of drug-likeness (QED) is 0.734. The van der Waals surface area contributed by atoms with Gasteiger partial charge in [0.1, 0.15) is 5.75 Å². The largest absolute Gasteiger partial charge is 0.494 e. The molecular formula is C19H23NO4S. The van der Waals surface area contributed by atoms with Gasteiger partial charge in [-0.2, -0.15) is 0 Å². The second-order valence-electron chi connectivity index (χ2n) is 5.67. The average Bonchev–Trinajstić information content (AvgIpc) is 2.61. The highest BCUT2D eigenvalue weighted by atomic mass is 32.2. The number of rotatable bonds is 8. The molecule has 2 rings (SSSR count). The Kier molecular flexibility index (Phi) is 6.58. The van der Waals surface area contributed by atoms with E-state index in [1.54, 1.807) is 19.1 Å². The highest BCUT2D eigenvalue weighted by molar-refractivity contribution is 7.91. The summed E-state index contributed by atoms with van der Waals surface area (Å²) in [4.78, 5) is 12.4. The van der Waals surface area contributed by atoms with E-state index in [9.17, 15) is 13.2 Å². The molecule has 0 radical (unpaired) electrons. The number of sulfone groups is 1. The van der Waals surface area contributed by atoms with Crippen molar-refractivity contribution >= 4 is 15.7 Å². The van der Waals surface area contributed by atoms with Gasteiger partial charge in [-0.05, 0) is 43.2 Å². The number of hydrogen-bond donors (Lipinski definition) is 1. The van der Waals surface area contributed by atoms with Gasteiger partial charge < -0.3 is 10.1 Å². The van der Waals surface area contributed by atoms with Crippen LogP contribution in [0.2, 0.25) is 0 Å². The van der Waals surface area contributed by atoms with Crippen LogP contribution >= 0.6 is 0 Å². The van der Waals surface area contributed by atoms with E-state index < -0.39 is 9.84 Å². The first-order chi connectivity index (χ1) is 11.9. The number of carbonyl (C=O) groups excluding carboxylic acids is 1. The molecule has 134 valence electrons. The van der Waals surface area contributed by atoms with E-state index in [1.807, 2.05) is 31.2 Å². The Morgan fingerprint density at radius 2 is 1.88 bits per heavy atom. The van der Waals surface area contributed by atoms with Crippen molar-refractivity contribution < 1.29 is 17.9 Å². The molecule has 0 aliphatic carbocycles. The molecule has 2 aromatic rings. The highest BCUT2D eigenvalue weighted by Gasteiger charge is 2.20. The van der Waals surface area contributed by atoms with Gasteiger partial charge in [0.2, 0.25) is 0 Å². The predicted molar refractivity (Wildman–Crippen MR) is 97.8 cm³/mol. The monoisotopic (exact) mass is 361 g/mol. The first-order valence-electron chi connectivity index (χ1n) is 8.23. The maximum atomic E-state index is 12.3. The summed E-state index contributed by atoms with van der Waals surface area (Å²) in [5.41, 5.74) is 1.31. The van der Waals surface area contributed by atoms with Crippen molar-refractivity contribution in [2.24, 2.45) is 0 Å². The van der Waals surface area contributed by atoms with Crippen molar-refractivity contribution in [2.45, 2.75) is 25.2 Å². The van der Waals surface area contributed by atoms with Crippen molar-refractivity contribution in [1.82, 2.24) is 5.32 Å². The molecule has 2 aromatic carbocycles. The molecule has 0 aromatic heterocycles. The maximum Gasteiger partial charge on any atom is 0.252 e. The molecule has 0 unspecified atom stereocenters. The number of nitrogens with one attached hydrogen (secondary N) is 1. The fraction of sp³-hybridized carbons (Fsp3) is 0.316. The lowest BCUT2D eigenvalue weighted by Gasteiger charge is -2.10. The van der Waals surface area contributed by atoms with Gasteiger partial charge in [0.25, 0.3) is 5.91 Å². The fourth-order valence-electron chi connectivity index (χ4n) is 2.35. The van der Waals surface area contributed by atoms with E-state index >= 15 is 0 Å². The van der Waals surface area contributed by atoms with Crippen LogP contribution in [0.1, 0.15) is 29.3 Å². The van der Waals surface area contributed by atoms with E-state index in [0.717, 1.165) is 11.3 Å². The van der Waals surface area contributed by atoms with Crippen LogP contribution in [0.4, 0.5) is 0 Å². The van der Waals surface area contributed by atoms with Crippen LogP contribution in [-0.4, -0.2) is 33.2 Å². The Balaban J connectivity index is 1.87. The third-order valence-electron chi connectivity index (χ3n) is 3.71. The molecule has 0 aliphatic rings. The Morgan fingerprint density at radius 3 is 2.60 bits per heavy atom. The van der Waals surface area contributed by atoms with Crippen LogP contribution in [0.25, 0.3) is 0 Å². The van der Waals surface area contributed by atoms with Crippen LogP contribution in [-0.2, 0) is 9.84 Å². The smallest absolute Gasteiger partial charge is 0.252 e. The molecule has 1 N–H and O–H groups in total. The van der Waals surface area contributed by atoms with E-state index in [2.05, 4.69) is 5.32 Å². The fourth-order valence-corrected chi connectivity index (χ4v) is 3.44. The number of amides is 1. The van der Waals surface area contributed by atoms with Crippen molar-refractivity contribution in [3.63, 3.8) is 0 Å². The molecule has 0 heterocycles. The molecule has 6 heteroatoms. The van der Waals surface area contributed by atoms with Gasteiger partial charge in [-0.25, -0.2) is 8.42 Å². The molecule has 0 spiro atoms. The van der Waals surface area contributed by atoms with Crippen LogP contribution < -0.4 is 10.1 Å². The second-order valence-corrected chi connectivity index (χ2v) is 7.92. The second kappa shape index (κ2) is 8.67. The third-order valence-corrected chi connectivity index (χ3v) is 5.50. The Morgan fingerprint density at radius 1 is 1.12 bits per heavy atom. The van der Waals surface area contributed by atoms with Crippen LogP contribution in [0.15, 0.2) is 53.4 Å². The average molecular weight is 361 g/mol. The molecule has 0 saturated heterocycles. The molecule has 1 amide bonds. The topological polar surface area (TPSA) is 72.5 Å². The zero-order valence-corrected chi connectivity index (χ0v) is 15.3. The van der Waals surface area contributed by atoms with Crippen molar-refractivity contribution in [1.29, 1.82) is 0 Å². The van der Waals surface area contributed by atoms with Crippen molar-refractivity contribution in [3.05, 3.63) is 59.7 Å². The lowest BCUT2D eigenvalue weighted by molar-refractivity contribution is 0.0948. The zero-order chi connectivity index (χ0) is 18.3. The van der Waals surface area contributed by atoms with E-state index in [4.69, 9.17) is 4.74 Å². The molecule has 0 fully saturated rings. The van der Waals surface area contributed by atoms with Gasteiger partial charge in [-0.15, -0.1) is 0 Å². The van der Waals surface area contributed by atoms with Gasteiger partial charge >= 0.3 is 0 Å².